The van der Waals surface area contributed by atoms with Crippen molar-refractivity contribution in [3.8, 4) is 11.5 Å². The van der Waals surface area contributed by atoms with Crippen LogP contribution in [0.5, 0.6) is 11.5 Å². The molecule has 0 radical (unpaired) electrons. The van der Waals surface area contributed by atoms with E-state index in [0.717, 1.165) is 5.56 Å². The van der Waals surface area contributed by atoms with Crippen LogP contribution in [0.3, 0.4) is 0 Å². The van der Waals surface area contributed by atoms with Crippen molar-refractivity contribution in [1.82, 2.24) is 4.90 Å². The van der Waals surface area contributed by atoms with Crippen molar-refractivity contribution in [1.29, 1.82) is 0 Å². The summed E-state index contributed by atoms with van der Waals surface area (Å²) in [6.07, 6.45) is 0. The first-order chi connectivity index (χ1) is 18.5. The second kappa shape index (κ2) is 10.6. The fraction of sp³-hybridized carbons (Fsp3) is 0.258. The lowest BCUT2D eigenvalue weighted by atomic mass is 9.85. The number of likely N-dealkylation sites (tertiary alicyclic amines) is 1. The molecular formula is C31H31NO7. The Morgan fingerprint density at radius 2 is 1.54 bits per heavy atom. The van der Waals surface area contributed by atoms with Crippen LogP contribution in [0.15, 0.2) is 72.3 Å². The zero-order valence-corrected chi connectivity index (χ0v) is 22.5. The normalized spacial score (nSPS) is 16.8. The lowest BCUT2D eigenvalue weighted by Gasteiger charge is -2.27. The molecule has 4 rings (SSSR count). The van der Waals surface area contributed by atoms with Crippen LogP contribution in [0.4, 0.5) is 0 Å². The third kappa shape index (κ3) is 5.36. The Bertz CT molecular complexity index is 1450. The number of hydrogen-bond acceptors (Lipinski definition) is 6. The summed E-state index contributed by atoms with van der Waals surface area (Å²) in [4.78, 5) is 39.5. The highest BCUT2D eigenvalue weighted by Crippen LogP contribution is 2.42. The van der Waals surface area contributed by atoms with Crippen LogP contribution in [0.2, 0.25) is 0 Å². The van der Waals surface area contributed by atoms with Gasteiger partial charge in [0, 0.05) is 6.54 Å². The Labute approximate surface area is 227 Å². The minimum absolute atomic E-state index is 0.0299. The van der Waals surface area contributed by atoms with Gasteiger partial charge in [0.2, 0.25) is 0 Å². The van der Waals surface area contributed by atoms with E-state index in [1.807, 2.05) is 24.3 Å². The zero-order chi connectivity index (χ0) is 28.5. The van der Waals surface area contributed by atoms with Crippen molar-refractivity contribution in [2.75, 3.05) is 14.2 Å². The molecule has 1 unspecified atom stereocenters. The molecule has 0 saturated carbocycles. The maximum atomic E-state index is 13.5. The van der Waals surface area contributed by atoms with Crippen molar-refractivity contribution in [3.63, 3.8) is 0 Å². The van der Waals surface area contributed by atoms with E-state index in [1.54, 1.807) is 30.3 Å². The second-order valence-corrected chi connectivity index (χ2v) is 10.4. The topological polar surface area (TPSA) is 113 Å². The van der Waals surface area contributed by atoms with E-state index in [4.69, 9.17) is 9.47 Å². The van der Waals surface area contributed by atoms with Crippen LogP contribution in [0, 0.1) is 0 Å². The van der Waals surface area contributed by atoms with Gasteiger partial charge in [-0.05, 0) is 52.4 Å². The fourth-order valence-electron chi connectivity index (χ4n) is 4.65. The Balaban J connectivity index is 1.88. The summed E-state index contributed by atoms with van der Waals surface area (Å²) < 4.78 is 10.7. The van der Waals surface area contributed by atoms with Gasteiger partial charge in [-0.25, -0.2) is 4.79 Å². The number of methoxy groups -OCH3 is 2. The number of hydrogen-bond donors (Lipinski definition) is 2. The first-order valence-electron chi connectivity index (χ1n) is 12.4. The third-order valence-electron chi connectivity index (χ3n) is 6.85. The van der Waals surface area contributed by atoms with Gasteiger partial charge in [-0.3, -0.25) is 9.59 Å². The molecule has 1 amide bonds. The molecule has 1 heterocycles. The molecule has 1 aliphatic heterocycles. The Morgan fingerprint density at radius 3 is 2.08 bits per heavy atom. The van der Waals surface area contributed by atoms with Crippen molar-refractivity contribution in [2.24, 2.45) is 0 Å². The molecular weight excluding hydrogens is 498 g/mol. The Morgan fingerprint density at radius 1 is 0.897 bits per heavy atom. The molecule has 3 aromatic carbocycles. The molecule has 39 heavy (non-hydrogen) atoms. The first kappa shape index (κ1) is 27.4. The number of nitrogens with zero attached hydrogens (tertiary/aromatic N) is 1. The van der Waals surface area contributed by atoms with Crippen LogP contribution < -0.4 is 9.47 Å². The van der Waals surface area contributed by atoms with Gasteiger partial charge in [0.05, 0.1) is 37.0 Å². The number of rotatable bonds is 7. The molecule has 2 N–H and O–H groups in total. The summed E-state index contributed by atoms with van der Waals surface area (Å²) in [5.41, 5.74) is 2.50. The minimum Gasteiger partial charge on any atom is -0.507 e. The van der Waals surface area contributed by atoms with E-state index in [-0.39, 0.29) is 34.4 Å². The number of Topliss-reactive ketones (excluding diaryl/α,β-unsaturated/α-hetero) is 1. The number of carbonyl (C=O) groups excluding carboxylic acids is 2. The van der Waals surface area contributed by atoms with E-state index in [9.17, 15) is 24.6 Å². The Kier molecular flexibility index (Phi) is 7.49. The molecule has 3 aromatic rings. The highest BCUT2D eigenvalue weighted by molar-refractivity contribution is 6.46. The summed E-state index contributed by atoms with van der Waals surface area (Å²) in [6, 6.07) is 17.6. The minimum atomic E-state index is -1.06. The number of aliphatic hydroxyl groups excluding tert-OH is 1. The number of carboxylic acid groups (broad SMARTS) is 1. The molecule has 8 nitrogen and oxygen atoms in total. The smallest absolute Gasteiger partial charge is 0.335 e. The van der Waals surface area contributed by atoms with Gasteiger partial charge in [0.25, 0.3) is 11.7 Å². The second-order valence-electron chi connectivity index (χ2n) is 10.4. The van der Waals surface area contributed by atoms with Gasteiger partial charge in [-0.2, -0.15) is 0 Å². The van der Waals surface area contributed by atoms with Crippen LogP contribution in [-0.4, -0.2) is 47.0 Å². The van der Waals surface area contributed by atoms with Gasteiger partial charge in [-0.15, -0.1) is 0 Å². The number of carbonyl (C=O) groups is 3. The average Bonchev–Trinajstić information content (AvgIpc) is 3.17. The summed E-state index contributed by atoms with van der Waals surface area (Å²) in [5, 5.41) is 20.7. The molecule has 202 valence electrons. The van der Waals surface area contributed by atoms with Gasteiger partial charge in [0.15, 0.2) is 0 Å². The van der Waals surface area contributed by atoms with E-state index in [1.165, 1.54) is 31.3 Å². The van der Waals surface area contributed by atoms with E-state index >= 15 is 0 Å². The molecule has 1 atom stereocenters. The van der Waals surface area contributed by atoms with Crippen molar-refractivity contribution in [2.45, 2.75) is 38.8 Å². The highest BCUT2D eigenvalue weighted by atomic mass is 16.5. The first-order valence-corrected chi connectivity index (χ1v) is 12.4. The number of ether oxygens (including phenoxy) is 2. The Hall–Kier alpha value is -4.59. The number of carboxylic acids is 1. The number of amides is 1. The SMILES string of the molecule is COc1ccc(OC)c(/C(O)=C2\C(=O)C(=O)N(Cc3ccc(C(=O)O)cc3)C2c2ccc(C(C)(C)C)cc2)c1. The molecule has 0 aliphatic carbocycles. The third-order valence-corrected chi connectivity index (χ3v) is 6.85. The van der Waals surface area contributed by atoms with Gasteiger partial charge < -0.3 is 24.6 Å². The van der Waals surface area contributed by atoms with E-state index in [2.05, 4.69) is 20.8 Å². The number of ketones is 1. The zero-order valence-electron chi connectivity index (χ0n) is 22.5. The van der Waals surface area contributed by atoms with Crippen LogP contribution in [-0.2, 0) is 21.5 Å². The number of aromatic carboxylic acids is 1. The predicted octanol–water partition coefficient (Wildman–Crippen LogP) is 5.32. The maximum Gasteiger partial charge on any atom is 0.335 e. The lowest BCUT2D eigenvalue weighted by Crippen LogP contribution is -2.29. The van der Waals surface area contributed by atoms with Crippen molar-refractivity contribution in [3.05, 3.63) is 100 Å². The lowest BCUT2D eigenvalue weighted by molar-refractivity contribution is -0.140. The monoisotopic (exact) mass is 529 g/mol. The summed E-state index contributed by atoms with van der Waals surface area (Å²) in [5.74, 6) is -2.29. The van der Waals surface area contributed by atoms with Crippen LogP contribution in [0.25, 0.3) is 5.76 Å². The maximum absolute atomic E-state index is 13.5. The van der Waals surface area contributed by atoms with Gasteiger partial charge >= 0.3 is 5.97 Å². The number of aliphatic hydroxyl groups is 1. The largest absolute Gasteiger partial charge is 0.507 e. The average molecular weight is 530 g/mol. The predicted molar refractivity (Wildman–Crippen MR) is 146 cm³/mol. The number of benzene rings is 3. The molecule has 0 spiro atoms. The van der Waals surface area contributed by atoms with E-state index in [0.29, 0.717) is 22.6 Å². The standard InChI is InChI=1S/C31H31NO7/c1-31(2,3)21-12-10-19(11-13-21)26-25(27(33)23-16-22(38-4)14-15-24(23)39-5)28(34)29(35)32(26)17-18-6-8-20(9-7-18)30(36)37/h6-16,26,33H,17H2,1-5H3,(H,36,37)/b27-25+. The summed E-state index contributed by atoms with van der Waals surface area (Å²) >= 11 is 0. The summed E-state index contributed by atoms with van der Waals surface area (Å²) in [6.45, 7) is 6.29. The highest BCUT2D eigenvalue weighted by Gasteiger charge is 2.46. The van der Waals surface area contributed by atoms with Crippen LogP contribution in [0.1, 0.15) is 59.4 Å². The molecule has 0 aromatic heterocycles. The van der Waals surface area contributed by atoms with Gasteiger partial charge in [0.1, 0.15) is 17.3 Å². The molecule has 0 bridgehead atoms. The fourth-order valence-corrected chi connectivity index (χ4v) is 4.65. The molecule has 1 saturated heterocycles. The van der Waals surface area contributed by atoms with Crippen LogP contribution >= 0.6 is 0 Å². The van der Waals surface area contributed by atoms with Gasteiger partial charge in [-0.1, -0.05) is 57.2 Å². The molecule has 8 heteroatoms. The quantitative estimate of drug-likeness (QED) is 0.242. The molecule has 1 fully saturated rings. The summed E-state index contributed by atoms with van der Waals surface area (Å²) in [7, 11) is 2.93. The van der Waals surface area contributed by atoms with E-state index < -0.39 is 23.7 Å². The molecule has 1 aliphatic rings. The van der Waals surface area contributed by atoms with Crippen molar-refractivity contribution < 1.29 is 34.1 Å². The van der Waals surface area contributed by atoms with Crippen molar-refractivity contribution >= 4 is 23.4 Å².